The van der Waals surface area contributed by atoms with Gasteiger partial charge in [-0.05, 0) is 50.4 Å². The Morgan fingerprint density at radius 2 is 1.89 bits per heavy atom. The summed E-state index contributed by atoms with van der Waals surface area (Å²) in [6.07, 6.45) is 8.93. The lowest BCUT2D eigenvalue weighted by atomic mass is 9.78. The molecule has 0 radical (unpaired) electrons. The molecule has 3 heteroatoms. The Morgan fingerprint density at radius 3 is 2.42 bits per heavy atom. The smallest absolute Gasteiger partial charge is 0.220 e. The van der Waals surface area contributed by atoms with E-state index in [1.165, 1.54) is 32.1 Å². The first-order chi connectivity index (χ1) is 8.93. The van der Waals surface area contributed by atoms with Crippen molar-refractivity contribution in [2.45, 2.75) is 78.2 Å². The quantitative estimate of drug-likeness (QED) is 0.710. The molecule has 0 aliphatic heterocycles. The Hall–Kier alpha value is -0.570. The third kappa shape index (κ3) is 6.42. The summed E-state index contributed by atoms with van der Waals surface area (Å²) >= 11 is 0. The Bertz CT molecular complexity index is 268. The van der Waals surface area contributed by atoms with Crippen LogP contribution in [0.3, 0.4) is 0 Å². The van der Waals surface area contributed by atoms with Crippen LogP contribution in [-0.4, -0.2) is 18.5 Å². The summed E-state index contributed by atoms with van der Waals surface area (Å²) in [6, 6.07) is 0.204. The van der Waals surface area contributed by atoms with Crippen LogP contribution < -0.4 is 11.1 Å². The molecule has 0 aromatic carbocycles. The Morgan fingerprint density at radius 1 is 1.26 bits per heavy atom. The first-order valence-corrected chi connectivity index (χ1v) is 7.96. The van der Waals surface area contributed by atoms with Crippen molar-refractivity contribution in [2.24, 2.45) is 17.1 Å². The summed E-state index contributed by atoms with van der Waals surface area (Å²) in [5.41, 5.74) is 6.08. The SMILES string of the molecule is CC(C)CC1(CNC(=O)CCCC(C)N)CCCC1. The number of hydrogen-bond acceptors (Lipinski definition) is 2. The van der Waals surface area contributed by atoms with Crippen LogP contribution >= 0.6 is 0 Å². The van der Waals surface area contributed by atoms with E-state index in [9.17, 15) is 4.79 Å². The van der Waals surface area contributed by atoms with E-state index in [2.05, 4.69) is 19.2 Å². The maximum atomic E-state index is 11.9. The lowest BCUT2D eigenvalue weighted by Crippen LogP contribution is -2.36. The molecule has 1 fully saturated rings. The van der Waals surface area contributed by atoms with E-state index in [0.717, 1.165) is 19.4 Å². The van der Waals surface area contributed by atoms with Crippen LogP contribution in [-0.2, 0) is 4.79 Å². The summed E-state index contributed by atoms with van der Waals surface area (Å²) in [7, 11) is 0. The molecule has 0 spiro atoms. The number of nitrogens with two attached hydrogens (primary N) is 1. The molecular formula is C16H32N2O. The van der Waals surface area contributed by atoms with Gasteiger partial charge >= 0.3 is 0 Å². The first-order valence-electron chi connectivity index (χ1n) is 7.96. The summed E-state index contributed by atoms with van der Waals surface area (Å²) in [5, 5.41) is 3.16. The molecule has 0 heterocycles. The monoisotopic (exact) mass is 268 g/mol. The van der Waals surface area contributed by atoms with Crippen LogP contribution in [0.2, 0.25) is 0 Å². The molecule has 1 atom stereocenters. The van der Waals surface area contributed by atoms with E-state index in [-0.39, 0.29) is 11.9 Å². The standard InChI is InChI=1S/C16H32N2O/c1-13(2)11-16(9-4-5-10-16)12-18-15(19)8-6-7-14(3)17/h13-14H,4-12,17H2,1-3H3,(H,18,19). The third-order valence-electron chi connectivity index (χ3n) is 4.23. The number of hydrogen-bond donors (Lipinski definition) is 2. The molecule has 19 heavy (non-hydrogen) atoms. The van der Waals surface area contributed by atoms with Crippen molar-refractivity contribution in [3.8, 4) is 0 Å². The van der Waals surface area contributed by atoms with Crippen molar-refractivity contribution in [3.63, 3.8) is 0 Å². The minimum absolute atomic E-state index is 0.204. The summed E-state index contributed by atoms with van der Waals surface area (Å²) in [5.74, 6) is 0.920. The number of amides is 1. The predicted molar refractivity (Wildman–Crippen MR) is 80.9 cm³/mol. The van der Waals surface area contributed by atoms with Crippen LogP contribution in [0.15, 0.2) is 0 Å². The fraction of sp³-hybridized carbons (Fsp3) is 0.938. The molecular weight excluding hydrogens is 236 g/mol. The van der Waals surface area contributed by atoms with E-state index in [1.54, 1.807) is 0 Å². The van der Waals surface area contributed by atoms with Crippen molar-refractivity contribution in [2.75, 3.05) is 6.54 Å². The van der Waals surface area contributed by atoms with Crippen molar-refractivity contribution in [1.82, 2.24) is 5.32 Å². The van der Waals surface area contributed by atoms with Gasteiger partial charge in [0, 0.05) is 19.0 Å². The van der Waals surface area contributed by atoms with Gasteiger partial charge in [0.2, 0.25) is 5.91 Å². The van der Waals surface area contributed by atoms with Gasteiger partial charge in [0.1, 0.15) is 0 Å². The van der Waals surface area contributed by atoms with Crippen LogP contribution in [0.1, 0.15) is 72.1 Å². The molecule has 1 unspecified atom stereocenters. The van der Waals surface area contributed by atoms with Crippen molar-refractivity contribution in [3.05, 3.63) is 0 Å². The highest BCUT2D eigenvalue weighted by atomic mass is 16.1. The normalized spacial score (nSPS) is 19.6. The molecule has 1 aliphatic carbocycles. The van der Waals surface area contributed by atoms with Crippen molar-refractivity contribution in [1.29, 1.82) is 0 Å². The summed E-state index contributed by atoms with van der Waals surface area (Å²) in [4.78, 5) is 11.9. The number of carbonyl (C=O) groups is 1. The van der Waals surface area contributed by atoms with Gasteiger partial charge in [0.15, 0.2) is 0 Å². The fourth-order valence-corrected chi connectivity index (χ4v) is 3.40. The van der Waals surface area contributed by atoms with Crippen molar-refractivity contribution < 1.29 is 4.79 Å². The van der Waals surface area contributed by atoms with Crippen LogP contribution in [0.4, 0.5) is 0 Å². The molecule has 112 valence electrons. The van der Waals surface area contributed by atoms with Gasteiger partial charge < -0.3 is 11.1 Å². The van der Waals surface area contributed by atoms with Gasteiger partial charge in [-0.2, -0.15) is 0 Å². The van der Waals surface area contributed by atoms with Gasteiger partial charge in [-0.25, -0.2) is 0 Å². The maximum Gasteiger partial charge on any atom is 0.220 e. The molecule has 0 bridgehead atoms. The number of nitrogens with one attached hydrogen (secondary N) is 1. The van der Waals surface area contributed by atoms with Gasteiger partial charge in [-0.3, -0.25) is 4.79 Å². The molecule has 1 aliphatic rings. The fourth-order valence-electron chi connectivity index (χ4n) is 3.40. The maximum absolute atomic E-state index is 11.9. The molecule has 1 saturated carbocycles. The van der Waals surface area contributed by atoms with Crippen LogP contribution in [0, 0.1) is 11.3 Å². The minimum Gasteiger partial charge on any atom is -0.356 e. The molecule has 1 rings (SSSR count). The topological polar surface area (TPSA) is 55.1 Å². The lowest BCUT2D eigenvalue weighted by Gasteiger charge is -2.31. The van der Waals surface area contributed by atoms with Gasteiger partial charge in [-0.15, -0.1) is 0 Å². The Balaban J connectivity index is 2.29. The molecule has 1 amide bonds. The van der Waals surface area contributed by atoms with Gasteiger partial charge in [0.25, 0.3) is 0 Å². The zero-order valence-corrected chi connectivity index (χ0v) is 13.0. The largest absolute Gasteiger partial charge is 0.356 e. The van der Waals surface area contributed by atoms with Crippen LogP contribution in [0.25, 0.3) is 0 Å². The minimum atomic E-state index is 0.204. The summed E-state index contributed by atoms with van der Waals surface area (Å²) < 4.78 is 0. The highest BCUT2D eigenvalue weighted by Crippen LogP contribution is 2.42. The summed E-state index contributed by atoms with van der Waals surface area (Å²) in [6.45, 7) is 7.44. The van der Waals surface area contributed by atoms with E-state index in [1.807, 2.05) is 6.92 Å². The second kappa shape index (κ2) is 7.88. The molecule has 0 aromatic rings. The Labute approximate surface area is 118 Å². The van der Waals surface area contributed by atoms with Gasteiger partial charge in [-0.1, -0.05) is 26.7 Å². The number of carbonyl (C=O) groups excluding carboxylic acids is 1. The zero-order valence-electron chi connectivity index (χ0n) is 13.0. The predicted octanol–water partition coefficient (Wildman–Crippen LogP) is 3.23. The van der Waals surface area contributed by atoms with E-state index < -0.39 is 0 Å². The molecule has 3 N–H and O–H groups in total. The lowest BCUT2D eigenvalue weighted by molar-refractivity contribution is -0.121. The molecule has 0 saturated heterocycles. The zero-order chi connectivity index (χ0) is 14.3. The van der Waals surface area contributed by atoms with E-state index in [4.69, 9.17) is 5.73 Å². The Kier molecular flexibility index (Phi) is 6.84. The van der Waals surface area contributed by atoms with Crippen molar-refractivity contribution >= 4 is 5.91 Å². The highest BCUT2D eigenvalue weighted by molar-refractivity contribution is 5.75. The third-order valence-corrected chi connectivity index (χ3v) is 4.23. The van der Waals surface area contributed by atoms with Gasteiger partial charge in [0.05, 0.1) is 0 Å². The van der Waals surface area contributed by atoms with E-state index in [0.29, 0.717) is 17.8 Å². The highest BCUT2D eigenvalue weighted by Gasteiger charge is 2.34. The average Bonchev–Trinajstić information content (AvgIpc) is 2.74. The number of rotatable bonds is 8. The van der Waals surface area contributed by atoms with Crippen LogP contribution in [0.5, 0.6) is 0 Å². The second-order valence-electron chi connectivity index (χ2n) is 6.95. The average molecular weight is 268 g/mol. The molecule has 3 nitrogen and oxygen atoms in total. The van der Waals surface area contributed by atoms with E-state index >= 15 is 0 Å². The second-order valence-corrected chi connectivity index (χ2v) is 6.95. The molecule has 0 aromatic heterocycles. The first kappa shape index (κ1) is 16.5.